The molecule has 0 amide bonds. The van der Waals surface area contributed by atoms with Crippen LogP contribution in [0.4, 0.5) is 0 Å². The average molecular weight is 243 g/mol. The van der Waals surface area contributed by atoms with Crippen molar-refractivity contribution in [3.8, 4) is 0 Å². The second-order valence-corrected chi connectivity index (χ2v) is 4.92. The quantitative estimate of drug-likeness (QED) is 0.525. The fourth-order valence-corrected chi connectivity index (χ4v) is 2.56. The lowest BCUT2D eigenvalue weighted by Gasteiger charge is -2.33. The van der Waals surface area contributed by atoms with Gasteiger partial charge >= 0.3 is 0 Å². The van der Waals surface area contributed by atoms with Gasteiger partial charge in [0, 0.05) is 13.2 Å². The molecule has 0 unspecified atom stereocenters. The van der Waals surface area contributed by atoms with Crippen molar-refractivity contribution in [1.29, 1.82) is 0 Å². The lowest BCUT2D eigenvalue weighted by Crippen LogP contribution is -2.43. The Morgan fingerprint density at radius 1 is 1.00 bits per heavy atom. The highest BCUT2D eigenvalue weighted by Crippen LogP contribution is 2.30. The van der Waals surface area contributed by atoms with Crippen LogP contribution in [0.25, 0.3) is 0 Å². The van der Waals surface area contributed by atoms with E-state index in [0.717, 1.165) is 32.9 Å². The van der Waals surface area contributed by atoms with E-state index >= 15 is 0 Å². The highest BCUT2D eigenvalue weighted by Gasteiger charge is 2.31. The van der Waals surface area contributed by atoms with Gasteiger partial charge in [0.15, 0.2) is 0 Å². The zero-order chi connectivity index (χ0) is 12.4. The van der Waals surface area contributed by atoms with Crippen molar-refractivity contribution in [3.05, 3.63) is 0 Å². The summed E-state index contributed by atoms with van der Waals surface area (Å²) in [4.78, 5) is 0. The third kappa shape index (κ3) is 5.84. The topological polar surface area (TPSA) is 30.5 Å². The third-order valence-electron chi connectivity index (χ3n) is 3.55. The molecule has 102 valence electrons. The summed E-state index contributed by atoms with van der Waals surface area (Å²) in [6.07, 6.45) is 7.74. The molecule has 0 aromatic rings. The zero-order valence-corrected chi connectivity index (χ0v) is 11.6. The molecule has 0 heterocycles. The zero-order valence-electron chi connectivity index (χ0n) is 11.6. The van der Waals surface area contributed by atoms with Gasteiger partial charge in [0.2, 0.25) is 0 Å². The summed E-state index contributed by atoms with van der Waals surface area (Å²) in [5.41, 5.74) is 0.0730. The molecule has 0 radical (unpaired) electrons. The predicted octanol–water partition coefficient (Wildman–Crippen LogP) is 2.74. The number of ether oxygens (including phenoxy) is 2. The van der Waals surface area contributed by atoms with E-state index in [0.29, 0.717) is 0 Å². The summed E-state index contributed by atoms with van der Waals surface area (Å²) in [5.74, 6) is 0. The van der Waals surface area contributed by atoms with Crippen LogP contribution in [0.15, 0.2) is 0 Å². The standard InChI is InChI=1S/C14H29NO2/c1-3-15-13-14(17-12-11-16-4-2)9-7-5-6-8-10-14/h15H,3-13H2,1-2H3. The SMILES string of the molecule is CCNCC1(OCCOCC)CCCCCC1. The smallest absolute Gasteiger partial charge is 0.0807 e. The molecular formula is C14H29NO2. The Morgan fingerprint density at radius 3 is 2.29 bits per heavy atom. The van der Waals surface area contributed by atoms with Crippen LogP contribution in [0.2, 0.25) is 0 Å². The third-order valence-corrected chi connectivity index (χ3v) is 3.55. The summed E-state index contributed by atoms with van der Waals surface area (Å²) in [6, 6.07) is 0. The van der Waals surface area contributed by atoms with Crippen molar-refractivity contribution in [2.45, 2.75) is 58.0 Å². The summed E-state index contributed by atoms with van der Waals surface area (Å²) >= 11 is 0. The molecule has 0 aromatic heterocycles. The maximum Gasteiger partial charge on any atom is 0.0807 e. The molecule has 0 aliphatic heterocycles. The monoisotopic (exact) mass is 243 g/mol. The van der Waals surface area contributed by atoms with Crippen LogP contribution in [-0.2, 0) is 9.47 Å². The van der Waals surface area contributed by atoms with Crippen molar-refractivity contribution in [3.63, 3.8) is 0 Å². The Morgan fingerprint density at radius 2 is 1.71 bits per heavy atom. The molecule has 1 N–H and O–H groups in total. The lowest BCUT2D eigenvalue weighted by atomic mass is 9.94. The highest BCUT2D eigenvalue weighted by atomic mass is 16.5. The molecule has 0 saturated heterocycles. The Balaban J connectivity index is 2.38. The van der Waals surface area contributed by atoms with Gasteiger partial charge in [-0.25, -0.2) is 0 Å². The van der Waals surface area contributed by atoms with E-state index in [9.17, 15) is 0 Å². The molecular weight excluding hydrogens is 214 g/mol. The van der Waals surface area contributed by atoms with Gasteiger partial charge in [-0.15, -0.1) is 0 Å². The van der Waals surface area contributed by atoms with E-state index in [1.54, 1.807) is 0 Å². The van der Waals surface area contributed by atoms with Crippen LogP contribution >= 0.6 is 0 Å². The van der Waals surface area contributed by atoms with Gasteiger partial charge in [-0.2, -0.15) is 0 Å². The molecule has 1 aliphatic carbocycles. The summed E-state index contributed by atoms with van der Waals surface area (Å²) < 4.78 is 11.5. The van der Waals surface area contributed by atoms with Gasteiger partial charge in [0.05, 0.1) is 18.8 Å². The minimum atomic E-state index is 0.0730. The minimum Gasteiger partial charge on any atom is -0.379 e. The summed E-state index contributed by atoms with van der Waals surface area (Å²) in [7, 11) is 0. The Bertz CT molecular complexity index is 177. The van der Waals surface area contributed by atoms with Crippen LogP contribution in [0.5, 0.6) is 0 Å². The molecule has 1 fully saturated rings. The van der Waals surface area contributed by atoms with Gasteiger partial charge in [0.1, 0.15) is 0 Å². The van der Waals surface area contributed by atoms with Crippen LogP contribution in [0.1, 0.15) is 52.4 Å². The number of hydrogen-bond donors (Lipinski definition) is 1. The molecule has 1 aliphatic rings. The maximum absolute atomic E-state index is 6.17. The Hall–Kier alpha value is -0.120. The number of likely N-dealkylation sites (N-methyl/N-ethyl adjacent to an activating group) is 1. The maximum atomic E-state index is 6.17. The fraction of sp³-hybridized carbons (Fsp3) is 1.00. The van der Waals surface area contributed by atoms with Gasteiger partial charge < -0.3 is 14.8 Å². The molecule has 1 saturated carbocycles. The number of hydrogen-bond acceptors (Lipinski definition) is 3. The van der Waals surface area contributed by atoms with E-state index in [-0.39, 0.29) is 5.60 Å². The molecule has 3 heteroatoms. The first-order chi connectivity index (χ1) is 8.33. The van der Waals surface area contributed by atoms with Crippen LogP contribution in [0.3, 0.4) is 0 Å². The Kier molecular flexibility index (Phi) is 7.82. The molecule has 3 nitrogen and oxygen atoms in total. The molecule has 0 spiro atoms. The van der Waals surface area contributed by atoms with E-state index < -0.39 is 0 Å². The van der Waals surface area contributed by atoms with Gasteiger partial charge in [-0.3, -0.25) is 0 Å². The first-order valence-corrected chi connectivity index (χ1v) is 7.25. The first-order valence-electron chi connectivity index (χ1n) is 7.25. The van der Waals surface area contributed by atoms with E-state index in [1.807, 2.05) is 6.92 Å². The molecule has 0 bridgehead atoms. The first kappa shape index (κ1) is 14.9. The minimum absolute atomic E-state index is 0.0730. The molecule has 0 atom stereocenters. The van der Waals surface area contributed by atoms with Gasteiger partial charge in [-0.05, 0) is 26.3 Å². The number of nitrogens with one attached hydrogen (secondary N) is 1. The van der Waals surface area contributed by atoms with Crippen molar-refractivity contribution in [2.75, 3.05) is 32.9 Å². The van der Waals surface area contributed by atoms with Crippen molar-refractivity contribution in [1.82, 2.24) is 5.32 Å². The highest BCUT2D eigenvalue weighted by molar-refractivity contribution is 4.85. The van der Waals surface area contributed by atoms with Crippen LogP contribution in [0, 0.1) is 0 Å². The molecule has 17 heavy (non-hydrogen) atoms. The predicted molar refractivity (Wildman–Crippen MR) is 71.4 cm³/mol. The number of rotatable bonds is 8. The van der Waals surface area contributed by atoms with Crippen LogP contribution in [-0.4, -0.2) is 38.5 Å². The average Bonchev–Trinajstić information content (AvgIpc) is 2.59. The van der Waals surface area contributed by atoms with Crippen molar-refractivity contribution < 1.29 is 9.47 Å². The largest absolute Gasteiger partial charge is 0.379 e. The van der Waals surface area contributed by atoms with E-state index in [2.05, 4.69) is 12.2 Å². The van der Waals surface area contributed by atoms with Crippen molar-refractivity contribution >= 4 is 0 Å². The fourth-order valence-electron chi connectivity index (χ4n) is 2.56. The lowest BCUT2D eigenvalue weighted by molar-refractivity contribution is -0.0740. The van der Waals surface area contributed by atoms with Crippen molar-refractivity contribution in [2.24, 2.45) is 0 Å². The summed E-state index contributed by atoms with van der Waals surface area (Å²) in [5, 5.41) is 3.46. The van der Waals surface area contributed by atoms with E-state index in [1.165, 1.54) is 38.5 Å². The molecule has 1 rings (SSSR count). The second-order valence-electron chi connectivity index (χ2n) is 4.92. The Labute approximate surface area is 106 Å². The normalized spacial score (nSPS) is 20.1. The molecule has 0 aromatic carbocycles. The van der Waals surface area contributed by atoms with Gasteiger partial charge in [0.25, 0.3) is 0 Å². The summed E-state index contributed by atoms with van der Waals surface area (Å²) in [6.45, 7) is 8.45. The van der Waals surface area contributed by atoms with E-state index in [4.69, 9.17) is 9.47 Å². The second kappa shape index (κ2) is 8.90. The van der Waals surface area contributed by atoms with Crippen LogP contribution < -0.4 is 5.32 Å². The van der Waals surface area contributed by atoms with Gasteiger partial charge in [-0.1, -0.05) is 32.6 Å².